The largest absolute Gasteiger partial charge is 0.382 e. The van der Waals surface area contributed by atoms with Crippen molar-refractivity contribution in [3.8, 4) is 0 Å². The SMILES string of the molecule is O[C@H](c1ccccc1)c1cn(C2CCN(Cc3cnc4ccccc4c3)CC2)nn1. The van der Waals surface area contributed by atoms with E-state index in [0.29, 0.717) is 11.7 Å². The van der Waals surface area contributed by atoms with Crippen LogP contribution < -0.4 is 0 Å². The van der Waals surface area contributed by atoms with Crippen LogP contribution in [0, 0.1) is 0 Å². The number of hydrogen-bond donors (Lipinski definition) is 1. The zero-order valence-corrected chi connectivity index (χ0v) is 16.8. The van der Waals surface area contributed by atoms with E-state index in [4.69, 9.17) is 0 Å². The zero-order chi connectivity index (χ0) is 20.3. The molecule has 6 heteroatoms. The summed E-state index contributed by atoms with van der Waals surface area (Å²) in [4.78, 5) is 7.05. The molecule has 2 aromatic carbocycles. The van der Waals surface area contributed by atoms with Crippen molar-refractivity contribution in [1.29, 1.82) is 0 Å². The number of nitrogens with zero attached hydrogens (tertiary/aromatic N) is 5. The van der Waals surface area contributed by atoms with Gasteiger partial charge < -0.3 is 5.11 Å². The highest BCUT2D eigenvalue weighted by molar-refractivity contribution is 5.78. The van der Waals surface area contributed by atoms with Crippen molar-refractivity contribution >= 4 is 10.9 Å². The van der Waals surface area contributed by atoms with Crippen molar-refractivity contribution in [2.75, 3.05) is 13.1 Å². The van der Waals surface area contributed by atoms with E-state index >= 15 is 0 Å². The first-order chi connectivity index (χ1) is 14.8. The van der Waals surface area contributed by atoms with E-state index in [1.807, 2.05) is 59.5 Å². The molecule has 3 heterocycles. The molecular formula is C24H25N5O. The molecule has 6 nitrogen and oxygen atoms in total. The lowest BCUT2D eigenvalue weighted by molar-refractivity contribution is 0.172. The Balaban J connectivity index is 1.20. The number of benzene rings is 2. The van der Waals surface area contributed by atoms with Gasteiger partial charge in [-0.2, -0.15) is 0 Å². The van der Waals surface area contributed by atoms with Gasteiger partial charge in [0, 0.05) is 31.2 Å². The molecule has 0 unspecified atom stereocenters. The molecule has 1 N–H and O–H groups in total. The summed E-state index contributed by atoms with van der Waals surface area (Å²) in [6.45, 7) is 2.93. The van der Waals surface area contributed by atoms with Crippen LogP contribution >= 0.6 is 0 Å². The van der Waals surface area contributed by atoms with Crippen LogP contribution in [0.3, 0.4) is 0 Å². The molecular weight excluding hydrogens is 374 g/mol. The third-order valence-electron chi connectivity index (χ3n) is 5.91. The molecule has 5 rings (SSSR count). The molecule has 152 valence electrons. The molecule has 0 aliphatic carbocycles. The number of aliphatic hydroxyl groups excluding tert-OH is 1. The molecule has 0 radical (unpaired) electrons. The van der Waals surface area contributed by atoms with Gasteiger partial charge in [0.2, 0.25) is 0 Å². The lowest BCUT2D eigenvalue weighted by Gasteiger charge is -2.31. The number of likely N-dealkylation sites (tertiary alicyclic amines) is 1. The highest BCUT2D eigenvalue weighted by Crippen LogP contribution is 2.26. The van der Waals surface area contributed by atoms with Gasteiger partial charge in [0.15, 0.2) is 0 Å². The number of para-hydroxylation sites is 1. The first kappa shape index (κ1) is 18.9. The standard InChI is InChI=1S/C24H25N5O/c30-24(19-6-2-1-3-7-19)23-17-29(27-26-23)21-10-12-28(13-11-21)16-18-14-20-8-4-5-9-22(20)25-15-18/h1-9,14-15,17,21,24,30H,10-13,16H2/t24-/m1/s1. The third-order valence-corrected chi connectivity index (χ3v) is 5.91. The first-order valence-electron chi connectivity index (χ1n) is 10.5. The van der Waals surface area contributed by atoms with Gasteiger partial charge in [-0.15, -0.1) is 5.10 Å². The van der Waals surface area contributed by atoms with Gasteiger partial charge in [0.1, 0.15) is 11.8 Å². The molecule has 0 saturated carbocycles. The average Bonchev–Trinajstić information content (AvgIpc) is 3.30. The summed E-state index contributed by atoms with van der Waals surface area (Å²) in [5.74, 6) is 0. The third kappa shape index (κ3) is 3.97. The van der Waals surface area contributed by atoms with Gasteiger partial charge in [0.05, 0.1) is 17.8 Å². The van der Waals surface area contributed by atoms with Crippen LogP contribution in [0.25, 0.3) is 10.9 Å². The summed E-state index contributed by atoms with van der Waals surface area (Å²) in [6, 6.07) is 20.4. The van der Waals surface area contributed by atoms with E-state index < -0.39 is 6.10 Å². The Hall–Kier alpha value is -3.09. The minimum Gasteiger partial charge on any atom is -0.382 e. The minimum atomic E-state index is -0.736. The summed E-state index contributed by atoms with van der Waals surface area (Å²) in [7, 11) is 0. The van der Waals surface area contributed by atoms with Crippen LogP contribution in [0.2, 0.25) is 0 Å². The van der Waals surface area contributed by atoms with Crippen molar-refractivity contribution in [2.45, 2.75) is 31.5 Å². The topological polar surface area (TPSA) is 67.1 Å². The van der Waals surface area contributed by atoms with Crippen LogP contribution in [0.15, 0.2) is 73.1 Å². The molecule has 2 aromatic heterocycles. The Kier molecular flexibility index (Phi) is 5.26. The van der Waals surface area contributed by atoms with Crippen molar-refractivity contribution in [3.05, 3.63) is 89.9 Å². The molecule has 30 heavy (non-hydrogen) atoms. The average molecular weight is 399 g/mol. The maximum atomic E-state index is 10.6. The Labute approximate surface area is 175 Å². The molecule has 0 amide bonds. The van der Waals surface area contributed by atoms with Crippen molar-refractivity contribution in [3.63, 3.8) is 0 Å². The molecule has 1 aliphatic rings. The van der Waals surface area contributed by atoms with E-state index in [0.717, 1.165) is 43.6 Å². The molecule has 0 bridgehead atoms. The predicted molar refractivity (Wildman–Crippen MR) is 116 cm³/mol. The minimum absolute atomic E-state index is 0.320. The molecule has 1 saturated heterocycles. The number of aliphatic hydroxyl groups is 1. The molecule has 1 atom stereocenters. The van der Waals surface area contributed by atoms with Crippen molar-refractivity contribution in [2.24, 2.45) is 0 Å². The number of aromatic nitrogens is 4. The Morgan fingerprint density at radius 1 is 1.00 bits per heavy atom. The highest BCUT2D eigenvalue weighted by Gasteiger charge is 2.23. The molecule has 1 fully saturated rings. The van der Waals surface area contributed by atoms with Gasteiger partial charge in [0.25, 0.3) is 0 Å². The normalized spacial score (nSPS) is 16.7. The maximum absolute atomic E-state index is 10.6. The summed E-state index contributed by atoms with van der Waals surface area (Å²) < 4.78 is 1.93. The van der Waals surface area contributed by atoms with Crippen LogP contribution in [0.5, 0.6) is 0 Å². The number of piperidine rings is 1. The fraction of sp³-hybridized carbons (Fsp3) is 0.292. The van der Waals surface area contributed by atoms with E-state index in [2.05, 4.69) is 38.4 Å². The van der Waals surface area contributed by atoms with Gasteiger partial charge >= 0.3 is 0 Å². The van der Waals surface area contributed by atoms with Crippen molar-refractivity contribution < 1.29 is 5.11 Å². The van der Waals surface area contributed by atoms with E-state index in [1.165, 1.54) is 10.9 Å². The zero-order valence-electron chi connectivity index (χ0n) is 16.8. The van der Waals surface area contributed by atoms with Crippen LogP contribution in [-0.2, 0) is 6.54 Å². The summed E-state index contributed by atoms with van der Waals surface area (Å²) in [5, 5.41) is 20.3. The first-order valence-corrected chi connectivity index (χ1v) is 10.5. The van der Waals surface area contributed by atoms with E-state index in [-0.39, 0.29) is 0 Å². The monoisotopic (exact) mass is 399 g/mol. The Morgan fingerprint density at radius 3 is 2.60 bits per heavy atom. The summed E-state index contributed by atoms with van der Waals surface area (Å²) >= 11 is 0. The van der Waals surface area contributed by atoms with Gasteiger partial charge in [-0.3, -0.25) is 9.88 Å². The molecule has 0 spiro atoms. The number of hydrogen-bond acceptors (Lipinski definition) is 5. The Morgan fingerprint density at radius 2 is 1.77 bits per heavy atom. The fourth-order valence-corrected chi connectivity index (χ4v) is 4.20. The lowest BCUT2D eigenvalue weighted by atomic mass is 10.0. The van der Waals surface area contributed by atoms with Crippen molar-refractivity contribution in [1.82, 2.24) is 24.9 Å². The van der Waals surface area contributed by atoms with Gasteiger partial charge in [-0.05, 0) is 36.1 Å². The second-order valence-electron chi connectivity index (χ2n) is 7.98. The second-order valence-corrected chi connectivity index (χ2v) is 7.98. The fourth-order valence-electron chi connectivity index (χ4n) is 4.20. The molecule has 4 aromatic rings. The van der Waals surface area contributed by atoms with Crippen LogP contribution in [0.4, 0.5) is 0 Å². The van der Waals surface area contributed by atoms with Crippen LogP contribution in [0.1, 0.15) is 41.8 Å². The van der Waals surface area contributed by atoms with E-state index in [1.54, 1.807) is 0 Å². The summed E-state index contributed by atoms with van der Waals surface area (Å²) in [6.07, 6.45) is 5.19. The lowest BCUT2D eigenvalue weighted by Crippen LogP contribution is -2.34. The quantitative estimate of drug-likeness (QED) is 0.554. The predicted octanol–water partition coefficient (Wildman–Crippen LogP) is 3.75. The van der Waals surface area contributed by atoms with E-state index in [9.17, 15) is 5.11 Å². The highest BCUT2D eigenvalue weighted by atomic mass is 16.3. The Bertz CT molecular complexity index is 1120. The number of pyridine rings is 1. The number of rotatable bonds is 5. The second kappa shape index (κ2) is 8.34. The smallest absolute Gasteiger partial charge is 0.124 e. The molecule has 1 aliphatic heterocycles. The van der Waals surface area contributed by atoms with Crippen LogP contribution in [-0.4, -0.2) is 43.1 Å². The van der Waals surface area contributed by atoms with Gasteiger partial charge in [-0.25, -0.2) is 4.68 Å². The summed E-state index contributed by atoms with van der Waals surface area (Å²) in [5.41, 5.74) is 3.73. The van der Waals surface area contributed by atoms with Gasteiger partial charge in [-0.1, -0.05) is 53.7 Å². The maximum Gasteiger partial charge on any atom is 0.124 e. The number of fused-ring (bicyclic) bond motifs is 1.